The lowest BCUT2D eigenvalue weighted by Gasteiger charge is -2.29. The number of methoxy groups -OCH3 is 1. The van der Waals surface area contributed by atoms with Crippen LogP contribution in [0.5, 0.6) is 5.75 Å². The third-order valence-corrected chi connectivity index (χ3v) is 8.13. The Labute approximate surface area is 194 Å². The average molecular weight is 469 g/mol. The van der Waals surface area contributed by atoms with Crippen molar-refractivity contribution in [3.63, 3.8) is 0 Å². The third kappa shape index (κ3) is 3.97. The molecule has 0 fully saturated rings. The van der Waals surface area contributed by atoms with Crippen molar-refractivity contribution in [2.75, 3.05) is 22.9 Å². The molecule has 0 spiro atoms. The molecule has 4 rings (SSSR count). The zero-order chi connectivity index (χ0) is 23.9. The van der Waals surface area contributed by atoms with E-state index in [0.29, 0.717) is 22.8 Å². The van der Waals surface area contributed by atoms with Crippen LogP contribution in [0.15, 0.2) is 53.4 Å². The summed E-state index contributed by atoms with van der Waals surface area (Å²) in [5.41, 5.74) is 3.19. The Kier molecular flexibility index (Phi) is 5.92. The van der Waals surface area contributed by atoms with Crippen molar-refractivity contribution in [2.45, 2.75) is 38.1 Å². The minimum absolute atomic E-state index is 0.0582. The molecule has 1 aromatic heterocycles. The highest BCUT2D eigenvalue weighted by Crippen LogP contribution is 2.34. The number of benzene rings is 2. The Morgan fingerprint density at radius 3 is 2.42 bits per heavy atom. The molecule has 1 amide bonds. The van der Waals surface area contributed by atoms with Crippen LogP contribution >= 0.6 is 0 Å². The van der Waals surface area contributed by atoms with E-state index in [-0.39, 0.29) is 23.4 Å². The first-order valence-corrected chi connectivity index (χ1v) is 12.2. The van der Waals surface area contributed by atoms with Crippen LogP contribution in [-0.4, -0.2) is 43.8 Å². The summed E-state index contributed by atoms with van der Waals surface area (Å²) in [4.78, 5) is 15.4. The molecule has 1 atom stereocenters. The Bertz CT molecular complexity index is 1300. The second-order valence-corrected chi connectivity index (χ2v) is 10.1. The molecule has 0 radical (unpaired) electrons. The van der Waals surface area contributed by atoms with Crippen molar-refractivity contribution in [3.8, 4) is 5.75 Å². The van der Waals surface area contributed by atoms with Gasteiger partial charge in [-0.25, -0.2) is 8.42 Å². The number of anilines is 2. The van der Waals surface area contributed by atoms with Crippen molar-refractivity contribution >= 4 is 27.3 Å². The van der Waals surface area contributed by atoms with Gasteiger partial charge in [0.15, 0.2) is 0 Å². The molecule has 8 nitrogen and oxygen atoms in total. The Balaban J connectivity index is 1.77. The van der Waals surface area contributed by atoms with Gasteiger partial charge in [-0.15, -0.1) is 0 Å². The predicted octanol–water partition coefficient (Wildman–Crippen LogP) is 3.22. The zero-order valence-electron chi connectivity index (χ0n) is 19.4. The van der Waals surface area contributed by atoms with Crippen molar-refractivity contribution < 1.29 is 17.9 Å². The van der Waals surface area contributed by atoms with Crippen LogP contribution < -0.4 is 13.9 Å². The maximum absolute atomic E-state index is 13.9. The first-order valence-electron chi connectivity index (χ1n) is 10.7. The fourth-order valence-corrected chi connectivity index (χ4v) is 6.27. The number of amides is 1. The summed E-state index contributed by atoms with van der Waals surface area (Å²) < 4.78 is 35.7. The van der Waals surface area contributed by atoms with Crippen LogP contribution in [0.2, 0.25) is 0 Å². The molecule has 174 valence electrons. The summed E-state index contributed by atoms with van der Waals surface area (Å²) in [5, 5.41) is 4.27. The van der Waals surface area contributed by atoms with Gasteiger partial charge in [0.05, 0.1) is 24.2 Å². The number of hydrogen-bond acceptors (Lipinski definition) is 5. The minimum atomic E-state index is -4.07. The van der Waals surface area contributed by atoms with E-state index in [1.807, 2.05) is 31.2 Å². The number of sulfonamides is 1. The number of rotatable bonds is 6. The smallest absolute Gasteiger partial charge is 0.268 e. The molecule has 0 aliphatic carbocycles. The van der Waals surface area contributed by atoms with Crippen LogP contribution in [-0.2, 0) is 28.3 Å². The van der Waals surface area contributed by atoms with Crippen molar-refractivity contribution in [3.05, 3.63) is 65.5 Å². The molecule has 0 N–H and O–H groups in total. The van der Waals surface area contributed by atoms with Gasteiger partial charge in [0.25, 0.3) is 10.0 Å². The third-order valence-electron chi connectivity index (χ3n) is 6.11. The number of fused-ring (bicyclic) bond motifs is 1. The number of hydrogen-bond donors (Lipinski definition) is 0. The van der Waals surface area contributed by atoms with Gasteiger partial charge in [-0.3, -0.25) is 13.8 Å². The SMILES string of the molecule is COc1ccc(N(CC(=O)N2c3ccccc3C[C@H]2C)S(=O)(=O)c2c(C)nn(C)c2C)cc1. The molecule has 1 aliphatic rings. The number of carbonyl (C=O) groups is 1. The van der Waals surface area contributed by atoms with E-state index >= 15 is 0 Å². The molecular formula is C24H28N4O4S. The second kappa shape index (κ2) is 8.55. The largest absolute Gasteiger partial charge is 0.497 e. The Morgan fingerprint density at radius 1 is 1.15 bits per heavy atom. The van der Waals surface area contributed by atoms with Gasteiger partial charge < -0.3 is 9.64 Å². The van der Waals surface area contributed by atoms with Gasteiger partial charge in [-0.1, -0.05) is 18.2 Å². The van der Waals surface area contributed by atoms with E-state index in [1.54, 1.807) is 57.2 Å². The average Bonchev–Trinajstić information content (AvgIpc) is 3.26. The minimum Gasteiger partial charge on any atom is -0.497 e. The van der Waals surface area contributed by atoms with E-state index in [1.165, 1.54) is 8.99 Å². The molecule has 2 heterocycles. The Morgan fingerprint density at radius 2 is 1.82 bits per heavy atom. The molecule has 33 heavy (non-hydrogen) atoms. The molecule has 2 aromatic carbocycles. The Hall–Kier alpha value is -3.33. The lowest BCUT2D eigenvalue weighted by atomic mass is 10.1. The normalized spacial score (nSPS) is 15.4. The highest BCUT2D eigenvalue weighted by atomic mass is 32.2. The van der Waals surface area contributed by atoms with E-state index in [4.69, 9.17) is 4.74 Å². The van der Waals surface area contributed by atoms with Crippen molar-refractivity contribution in [2.24, 2.45) is 7.05 Å². The van der Waals surface area contributed by atoms with Crippen LogP contribution in [0.25, 0.3) is 0 Å². The maximum Gasteiger partial charge on any atom is 0.268 e. The molecule has 0 bridgehead atoms. The number of ether oxygens (including phenoxy) is 1. The fourth-order valence-electron chi connectivity index (χ4n) is 4.45. The van der Waals surface area contributed by atoms with Gasteiger partial charge in [0.2, 0.25) is 5.91 Å². The molecule has 1 aliphatic heterocycles. The van der Waals surface area contributed by atoms with Gasteiger partial charge >= 0.3 is 0 Å². The van der Waals surface area contributed by atoms with Crippen molar-refractivity contribution in [1.82, 2.24) is 9.78 Å². The summed E-state index contributed by atoms with van der Waals surface area (Å²) in [6, 6.07) is 14.3. The number of aryl methyl sites for hydroxylation is 2. The topological polar surface area (TPSA) is 84.7 Å². The monoisotopic (exact) mass is 468 g/mol. The number of nitrogens with zero attached hydrogens (tertiary/aromatic N) is 4. The quantitative estimate of drug-likeness (QED) is 0.555. The molecule has 0 saturated heterocycles. The molecule has 3 aromatic rings. The van der Waals surface area contributed by atoms with E-state index < -0.39 is 10.0 Å². The maximum atomic E-state index is 13.9. The highest BCUT2D eigenvalue weighted by molar-refractivity contribution is 7.93. The lowest BCUT2D eigenvalue weighted by Crippen LogP contribution is -2.45. The van der Waals surface area contributed by atoms with Gasteiger partial charge in [-0.05, 0) is 63.1 Å². The number of para-hydroxylation sites is 1. The second-order valence-electron chi connectivity index (χ2n) is 8.28. The van der Waals surface area contributed by atoms with E-state index in [0.717, 1.165) is 17.7 Å². The summed E-state index contributed by atoms with van der Waals surface area (Å²) in [5.74, 6) is 0.310. The summed E-state index contributed by atoms with van der Waals surface area (Å²) in [6.45, 7) is 5.01. The molecule has 0 unspecified atom stereocenters. The highest BCUT2D eigenvalue weighted by Gasteiger charge is 2.36. The summed E-state index contributed by atoms with van der Waals surface area (Å²) in [6.07, 6.45) is 0.734. The predicted molar refractivity (Wildman–Crippen MR) is 127 cm³/mol. The van der Waals surface area contributed by atoms with Crippen LogP contribution in [0.3, 0.4) is 0 Å². The lowest BCUT2D eigenvalue weighted by molar-refractivity contribution is -0.117. The molecular weight excluding hydrogens is 440 g/mol. The first kappa shape index (κ1) is 22.8. The van der Waals surface area contributed by atoms with Gasteiger partial charge in [0, 0.05) is 18.8 Å². The first-order chi connectivity index (χ1) is 15.6. The number of carbonyl (C=O) groups excluding carboxylic acids is 1. The van der Waals surface area contributed by atoms with Crippen LogP contribution in [0.4, 0.5) is 11.4 Å². The zero-order valence-corrected chi connectivity index (χ0v) is 20.3. The molecule has 0 saturated carbocycles. The van der Waals surface area contributed by atoms with Crippen molar-refractivity contribution in [1.29, 1.82) is 0 Å². The van der Waals surface area contributed by atoms with E-state index in [2.05, 4.69) is 5.10 Å². The summed E-state index contributed by atoms with van der Waals surface area (Å²) >= 11 is 0. The molecule has 9 heteroatoms. The van der Waals surface area contributed by atoms with E-state index in [9.17, 15) is 13.2 Å². The summed E-state index contributed by atoms with van der Waals surface area (Å²) in [7, 11) is -0.827. The van der Waals surface area contributed by atoms with Crippen LogP contribution in [0, 0.1) is 13.8 Å². The van der Waals surface area contributed by atoms with Gasteiger partial charge in [-0.2, -0.15) is 5.10 Å². The van der Waals surface area contributed by atoms with Crippen LogP contribution in [0.1, 0.15) is 23.9 Å². The number of aromatic nitrogens is 2. The van der Waals surface area contributed by atoms with Gasteiger partial charge in [0.1, 0.15) is 17.2 Å². The standard InChI is InChI=1S/C24H28N4O4S/c1-16-14-19-8-6-7-9-22(19)28(16)23(29)15-27(20-10-12-21(32-5)13-11-20)33(30,31)24-17(2)25-26(4)18(24)3/h6-13,16H,14-15H2,1-5H3/t16-/m1/s1. The fraction of sp³-hybridized carbons (Fsp3) is 0.333.